The maximum Gasteiger partial charge on any atom is 0.387 e. The van der Waals surface area contributed by atoms with Crippen LogP contribution in [0.3, 0.4) is 0 Å². The average molecular weight is 578 g/mol. The summed E-state index contributed by atoms with van der Waals surface area (Å²) in [6, 6.07) is 19.8. The Bertz CT molecular complexity index is 1820. The molecule has 4 aromatic rings. The van der Waals surface area contributed by atoms with E-state index < -0.39 is 12.7 Å². The molecule has 0 saturated carbocycles. The smallest absolute Gasteiger partial charge is 0.387 e. The number of carbonyl (C=O) groups excluding carboxylic acids is 1. The number of ether oxygens (including phenoxy) is 3. The molecule has 1 amide bonds. The van der Waals surface area contributed by atoms with Crippen LogP contribution in [0, 0.1) is 0 Å². The van der Waals surface area contributed by atoms with E-state index in [1.807, 2.05) is 24.3 Å². The number of rotatable bonds is 8. The Balaban J connectivity index is 1.64. The van der Waals surface area contributed by atoms with Crippen molar-refractivity contribution >= 4 is 29.0 Å². The topological polar surface area (TPSA) is 91.2 Å². The summed E-state index contributed by atoms with van der Waals surface area (Å²) in [5.41, 5.74) is 2.22. The summed E-state index contributed by atoms with van der Waals surface area (Å²) in [5, 5.41) is 2.91. The van der Waals surface area contributed by atoms with Gasteiger partial charge in [-0.15, -0.1) is 0 Å². The number of amides is 1. The molecule has 0 radical (unpaired) electrons. The first-order valence-corrected chi connectivity index (χ1v) is 13.3. The molecule has 1 aliphatic heterocycles. The SMILES string of the molecule is COc1cccc([C@@H]2C(C(=O)Nc3ccccc3)=C(C)N=c3s/c(=C/c4ccc(OC(F)F)c(OC)c4)c(=O)n32)c1. The van der Waals surface area contributed by atoms with Gasteiger partial charge in [-0.05, 0) is 60.5 Å². The molecule has 1 atom stereocenters. The van der Waals surface area contributed by atoms with Crippen LogP contribution in [-0.4, -0.2) is 31.3 Å². The van der Waals surface area contributed by atoms with Crippen molar-refractivity contribution in [2.24, 2.45) is 4.99 Å². The Hall–Kier alpha value is -4.77. The second-order valence-electron chi connectivity index (χ2n) is 8.97. The lowest BCUT2D eigenvalue weighted by Gasteiger charge is -2.25. The van der Waals surface area contributed by atoms with Gasteiger partial charge in [-0.3, -0.25) is 14.2 Å². The fourth-order valence-corrected chi connectivity index (χ4v) is 5.62. The van der Waals surface area contributed by atoms with Crippen LogP contribution in [0.25, 0.3) is 6.08 Å². The van der Waals surface area contributed by atoms with Crippen LogP contribution < -0.4 is 34.4 Å². The molecule has 210 valence electrons. The molecule has 0 aliphatic carbocycles. The second kappa shape index (κ2) is 11.8. The summed E-state index contributed by atoms with van der Waals surface area (Å²) in [5.74, 6) is 0.153. The van der Waals surface area contributed by atoms with E-state index in [1.165, 1.54) is 23.8 Å². The maximum absolute atomic E-state index is 13.9. The van der Waals surface area contributed by atoms with E-state index in [9.17, 15) is 18.4 Å². The number of halogens is 2. The van der Waals surface area contributed by atoms with Crippen molar-refractivity contribution in [3.8, 4) is 17.2 Å². The van der Waals surface area contributed by atoms with Crippen LogP contribution in [0.4, 0.5) is 14.5 Å². The van der Waals surface area contributed by atoms with Crippen LogP contribution in [0.5, 0.6) is 17.2 Å². The Labute approximate surface area is 237 Å². The summed E-state index contributed by atoms with van der Waals surface area (Å²) in [7, 11) is 2.88. The van der Waals surface area contributed by atoms with Gasteiger partial charge in [0.2, 0.25) is 0 Å². The number of nitrogens with one attached hydrogen (secondary N) is 1. The molecule has 1 aromatic heterocycles. The zero-order chi connectivity index (χ0) is 29.1. The van der Waals surface area contributed by atoms with Crippen LogP contribution in [-0.2, 0) is 4.79 Å². The number of allylic oxidation sites excluding steroid dienone is 1. The predicted octanol–water partition coefficient (Wildman–Crippen LogP) is 4.49. The second-order valence-corrected chi connectivity index (χ2v) is 9.98. The number of hydrogen-bond donors (Lipinski definition) is 1. The minimum Gasteiger partial charge on any atom is -0.497 e. The highest BCUT2D eigenvalue weighted by atomic mass is 32.1. The highest BCUT2D eigenvalue weighted by Crippen LogP contribution is 2.33. The molecular formula is C30H25F2N3O5S. The van der Waals surface area contributed by atoms with E-state index in [1.54, 1.807) is 56.5 Å². The van der Waals surface area contributed by atoms with Gasteiger partial charge in [-0.2, -0.15) is 8.78 Å². The zero-order valence-electron chi connectivity index (χ0n) is 22.3. The molecule has 0 unspecified atom stereocenters. The number of fused-ring (bicyclic) bond motifs is 1. The zero-order valence-corrected chi connectivity index (χ0v) is 23.1. The molecular weight excluding hydrogens is 552 g/mol. The quantitative estimate of drug-likeness (QED) is 0.333. The number of thiazole rings is 1. The van der Waals surface area contributed by atoms with Crippen molar-refractivity contribution in [2.45, 2.75) is 19.6 Å². The van der Waals surface area contributed by atoms with Crippen molar-refractivity contribution in [3.05, 3.63) is 115 Å². The van der Waals surface area contributed by atoms with Crippen LogP contribution in [0.2, 0.25) is 0 Å². The van der Waals surface area contributed by atoms with Gasteiger partial charge >= 0.3 is 6.61 Å². The van der Waals surface area contributed by atoms with E-state index in [0.29, 0.717) is 43.2 Å². The third kappa shape index (κ3) is 5.75. The van der Waals surface area contributed by atoms with E-state index in [2.05, 4.69) is 15.0 Å². The van der Waals surface area contributed by atoms with Gasteiger partial charge in [0.05, 0.1) is 36.1 Å². The fraction of sp³-hybridized carbons (Fsp3) is 0.167. The van der Waals surface area contributed by atoms with Gasteiger partial charge in [-0.25, -0.2) is 4.99 Å². The number of aromatic nitrogens is 1. The number of hydrogen-bond acceptors (Lipinski definition) is 7. The normalized spacial score (nSPS) is 14.9. The third-order valence-electron chi connectivity index (χ3n) is 6.41. The fourth-order valence-electron chi connectivity index (χ4n) is 4.58. The molecule has 1 aliphatic rings. The lowest BCUT2D eigenvalue weighted by molar-refractivity contribution is -0.113. The molecule has 11 heteroatoms. The predicted molar refractivity (Wildman–Crippen MR) is 151 cm³/mol. The van der Waals surface area contributed by atoms with E-state index >= 15 is 0 Å². The lowest BCUT2D eigenvalue weighted by Crippen LogP contribution is -2.40. The highest BCUT2D eigenvalue weighted by molar-refractivity contribution is 7.07. The molecule has 1 N–H and O–H groups in total. The number of benzene rings is 3. The van der Waals surface area contributed by atoms with E-state index in [4.69, 9.17) is 9.47 Å². The Morgan fingerprint density at radius 3 is 2.51 bits per heavy atom. The van der Waals surface area contributed by atoms with Crippen LogP contribution in [0.15, 0.2) is 93.9 Å². The number of para-hydroxylation sites is 1. The Morgan fingerprint density at radius 2 is 1.80 bits per heavy atom. The number of anilines is 1. The minimum absolute atomic E-state index is 0.0943. The van der Waals surface area contributed by atoms with Gasteiger partial charge in [0, 0.05) is 5.69 Å². The average Bonchev–Trinajstić information content (AvgIpc) is 3.27. The summed E-state index contributed by atoms with van der Waals surface area (Å²) in [4.78, 5) is 32.6. The van der Waals surface area contributed by atoms with Gasteiger partial charge in [-0.1, -0.05) is 47.7 Å². The molecule has 8 nitrogen and oxygen atoms in total. The first-order valence-electron chi connectivity index (χ1n) is 12.4. The van der Waals surface area contributed by atoms with Crippen molar-refractivity contribution in [1.82, 2.24) is 4.57 Å². The highest BCUT2D eigenvalue weighted by Gasteiger charge is 2.32. The number of methoxy groups -OCH3 is 2. The molecule has 0 saturated heterocycles. The molecule has 0 bridgehead atoms. The van der Waals surface area contributed by atoms with Crippen molar-refractivity contribution in [2.75, 3.05) is 19.5 Å². The third-order valence-corrected chi connectivity index (χ3v) is 7.39. The largest absolute Gasteiger partial charge is 0.497 e. The number of carbonyl (C=O) groups is 1. The minimum atomic E-state index is -3.01. The molecule has 0 fully saturated rings. The molecule has 3 aromatic carbocycles. The van der Waals surface area contributed by atoms with Crippen molar-refractivity contribution in [3.63, 3.8) is 0 Å². The van der Waals surface area contributed by atoms with Gasteiger partial charge in [0.25, 0.3) is 11.5 Å². The summed E-state index contributed by atoms with van der Waals surface area (Å²) in [6.07, 6.45) is 1.62. The van der Waals surface area contributed by atoms with E-state index in [0.717, 1.165) is 11.3 Å². The number of alkyl halides is 2. The monoisotopic (exact) mass is 577 g/mol. The first-order chi connectivity index (χ1) is 19.8. The van der Waals surface area contributed by atoms with Gasteiger partial charge in [0.15, 0.2) is 16.3 Å². The van der Waals surface area contributed by atoms with Crippen LogP contribution >= 0.6 is 11.3 Å². The summed E-state index contributed by atoms with van der Waals surface area (Å²) >= 11 is 1.15. The number of nitrogens with zero attached hydrogens (tertiary/aromatic N) is 2. The maximum atomic E-state index is 13.9. The molecule has 0 spiro atoms. The summed E-state index contributed by atoms with van der Waals surface area (Å²) in [6.45, 7) is -1.27. The van der Waals surface area contributed by atoms with Gasteiger partial charge in [0.1, 0.15) is 5.75 Å². The molecule has 41 heavy (non-hydrogen) atoms. The molecule has 5 rings (SSSR count). The Morgan fingerprint density at radius 1 is 1.02 bits per heavy atom. The van der Waals surface area contributed by atoms with Crippen LogP contribution in [0.1, 0.15) is 24.1 Å². The first kappa shape index (κ1) is 27.8. The standard InChI is InChI=1S/C30H25F2N3O5S/c1-17-25(27(36)34-20-9-5-4-6-10-20)26(19-8-7-11-21(16-19)38-2)35-28(37)24(41-30(35)33-17)15-18-12-13-22(40-29(31)32)23(14-18)39-3/h4-16,26,29H,1-3H3,(H,34,36)/b24-15+/t26-/m1/s1. The summed E-state index contributed by atoms with van der Waals surface area (Å²) < 4.78 is 42.4. The Kier molecular flexibility index (Phi) is 7.97. The van der Waals surface area contributed by atoms with Crippen molar-refractivity contribution < 1.29 is 27.8 Å². The van der Waals surface area contributed by atoms with E-state index in [-0.39, 0.29) is 23.0 Å². The molecule has 2 heterocycles. The van der Waals surface area contributed by atoms with Gasteiger partial charge < -0.3 is 19.5 Å². The van der Waals surface area contributed by atoms with Crippen molar-refractivity contribution in [1.29, 1.82) is 0 Å². The lowest BCUT2D eigenvalue weighted by atomic mass is 9.95.